The highest BCUT2D eigenvalue weighted by Gasteiger charge is 2.17. The third-order valence-electron chi connectivity index (χ3n) is 3.06. The van der Waals surface area contributed by atoms with Crippen LogP contribution in [0.15, 0.2) is 42.5 Å². The van der Waals surface area contributed by atoms with Crippen LogP contribution in [0.4, 0.5) is 8.78 Å². The molecule has 0 spiro atoms. The molecule has 2 aromatic rings. The molecule has 1 N–H and O–H groups in total. The van der Waals surface area contributed by atoms with Gasteiger partial charge >= 0.3 is 0 Å². The third kappa shape index (κ3) is 4.54. The normalized spacial score (nSPS) is 12.0. The highest BCUT2D eigenvalue weighted by atomic mass is 35.5. The minimum atomic E-state index is -1.24. The number of nitrogens with zero attached hydrogens (tertiary/aromatic N) is 1. The Morgan fingerprint density at radius 1 is 1.17 bits per heavy atom. The van der Waals surface area contributed by atoms with Gasteiger partial charge in [0.15, 0.2) is 0 Å². The molecule has 122 valence electrons. The standard InChI is InChI=1S/C17H10Cl2F2N2O/c18-13-5-1-10(7-14(13)19)2-6-17(24)23-16(9-22)12-4-3-11(20)8-15(12)21/h1-8,16H,(H,23,24)/b6-2+. The van der Waals surface area contributed by atoms with Crippen LogP contribution in [0.1, 0.15) is 17.2 Å². The summed E-state index contributed by atoms with van der Waals surface area (Å²) in [7, 11) is 0. The lowest BCUT2D eigenvalue weighted by Gasteiger charge is -2.11. The predicted octanol–water partition coefficient (Wildman–Crippen LogP) is 4.67. The number of hydrogen-bond acceptors (Lipinski definition) is 2. The fourth-order valence-electron chi connectivity index (χ4n) is 1.89. The lowest BCUT2D eigenvalue weighted by Crippen LogP contribution is -2.26. The summed E-state index contributed by atoms with van der Waals surface area (Å²) >= 11 is 11.7. The minimum absolute atomic E-state index is 0.116. The smallest absolute Gasteiger partial charge is 0.245 e. The molecule has 3 nitrogen and oxygen atoms in total. The molecule has 0 radical (unpaired) electrons. The molecule has 24 heavy (non-hydrogen) atoms. The van der Waals surface area contributed by atoms with E-state index in [-0.39, 0.29) is 5.56 Å². The molecule has 7 heteroatoms. The monoisotopic (exact) mass is 366 g/mol. The van der Waals surface area contributed by atoms with E-state index in [4.69, 9.17) is 28.5 Å². The molecule has 0 saturated heterocycles. The Bertz CT molecular complexity index is 847. The lowest BCUT2D eigenvalue weighted by atomic mass is 10.1. The summed E-state index contributed by atoms with van der Waals surface area (Å²) in [6.07, 6.45) is 2.64. The van der Waals surface area contributed by atoms with Crippen LogP contribution < -0.4 is 5.32 Å². The van der Waals surface area contributed by atoms with Crippen molar-refractivity contribution in [3.05, 3.63) is 75.3 Å². The summed E-state index contributed by atoms with van der Waals surface area (Å²) in [5.41, 5.74) is 0.510. The Balaban J connectivity index is 2.10. The second-order valence-electron chi connectivity index (χ2n) is 4.74. The van der Waals surface area contributed by atoms with Gasteiger partial charge in [0, 0.05) is 17.7 Å². The molecule has 0 fully saturated rings. The topological polar surface area (TPSA) is 52.9 Å². The predicted molar refractivity (Wildman–Crippen MR) is 88.4 cm³/mol. The van der Waals surface area contributed by atoms with Gasteiger partial charge in [-0.3, -0.25) is 4.79 Å². The van der Waals surface area contributed by atoms with Gasteiger partial charge in [0.1, 0.15) is 17.7 Å². The third-order valence-corrected chi connectivity index (χ3v) is 3.80. The van der Waals surface area contributed by atoms with Crippen LogP contribution in [0.5, 0.6) is 0 Å². The molecule has 0 aliphatic carbocycles. The molecule has 2 aromatic carbocycles. The first-order valence-electron chi connectivity index (χ1n) is 6.69. The van der Waals surface area contributed by atoms with E-state index < -0.39 is 23.6 Å². The average molecular weight is 367 g/mol. The molecule has 0 bridgehead atoms. The second-order valence-corrected chi connectivity index (χ2v) is 5.56. The Hall–Kier alpha value is -2.42. The molecule has 2 rings (SSSR count). The Kier molecular flexibility index (Phi) is 5.91. The summed E-state index contributed by atoms with van der Waals surface area (Å²) in [6.45, 7) is 0. The van der Waals surface area contributed by atoms with Crippen LogP contribution in [-0.4, -0.2) is 5.91 Å². The largest absolute Gasteiger partial charge is 0.333 e. The number of nitriles is 1. The molecule has 0 aromatic heterocycles. The fraction of sp³-hybridized carbons (Fsp3) is 0.0588. The molecule has 0 heterocycles. The van der Waals surface area contributed by atoms with Gasteiger partial charge in [0.2, 0.25) is 5.91 Å². The van der Waals surface area contributed by atoms with E-state index in [0.29, 0.717) is 21.7 Å². The SMILES string of the molecule is N#CC(NC(=O)/C=C/c1ccc(Cl)c(Cl)c1)c1ccc(F)cc1F. The van der Waals surface area contributed by atoms with Crippen LogP contribution in [-0.2, 0) is 4.79 Å². The van der Waals surface area contributed by atoms with Gasteiger partial charge in [-0.05, 0) is 29.8 Å². The molecular weight excluding hydrogens is 357 g/mol. The van der Waals surface area contributed by atoms with Crippen LogP contribution in [0.25, 0.3) is 6.08 Å². The highest BCUT2D eigenvalue weighted by Crippen LogP contribution is 2.23. The highest BCUT2D eigenvalue weighted by molar-refractivity contribution is 6.42. The van der Waals surface area contributed by atoms with Gasteiger partial charge in [-0.1, -0.05) is 35.3 Å². The molecule has 0 saturated carbocycles. The zero-order valence-corrected chi connectivity index (χ0v) is 13.6. The lowest BCUT2D eigenvalue weighted by molar-refractivity contribution is -0.116. The van der Waals surface area contributed by atoms with Gasteiger partial charge < -0.3 is 5.32 Å². The van der Waals surface area contributed by atoms with Crippen molar-refractivity contribution in [1.29, 1.82) is 5.26 Å². The van der Waals surface area contributed by atoms with Crippen molar-refractivity contribution in [2.45, 2.75) is 6.04 Å². The number of halogens is 4. The first-order chi connectivity index (χ1) is 11.4. The number of amides is 1. The zero-order chi connectivity index (χ0) is 17.7. The molecule has 1 atom stereocenters. The molecule has 1 amide bonds. The van der Waals surface area contributed by atoms with Crippen molar-refractivity contribution >= 4 is 35.2 Å². The van der Waals surface area contributed by atoms with Crippen LogP contribution in [0.3, 0.4) is 0 Å². The fourth-order valence-corrected chi connectivity index (χ4v) is 2.20. The van der Waals surface area contributed by atoms with Crippen LogP contribution in [0.2, 0.25) is 10.0 Å². The van der Waals surface area contributed by atoms with Crippen LogP contribution in [0, 0.1) is 23.0 Å². The summed E-state index contributed by atoms with van der Waals surface area (Å²) in [4.78, 5) is 11.9. The van der Waals surface area contributed by atoms with Crippen molar-refractivity contribution in [3.63, 3.8) is 0 Å². The number of rotatable bonds is 4. The van der Waals surface area contributed by atoms with E-state index in [0.717, 1.165) is 12.1 Å². The van der Waals surface area contributed by atoms with E-state index in [1.54, 1.807) is 24.3 Å². The number of hydrogen-bond donors (Lipinski definition) is 1. The number of carbonyl (C=O) groups excluding carboxylic acids is 1. The van der Waals surface area contributed by atoms with Crippen molar-refractivity contribution in [3.8, 4) is 6.07 Å². The Morgan fingerprint density at radius 3 is 2.54 bits per heavy atom. The number of nitrogens with one attached hydrogen (secondary N) is 1. The van der Waals surface area contributed by atoms with E-state index in [9.17, 15) is 13.6 Å². The van der Waals surface area contributed by atoms with Gasteiger partial charge in [0.05, 0.1) is 16.1 Å². The van der Waals surface area contributed by atoms with Gasteiger partial charge in [-0.25, -0.2) is 8.78 Å². The number of benzene rings is 2. The van der Waals surface area contributed by atoms with Gasteiger partial charge in [0.25, 0.3) is 0 Å². The van der Waals surface area contributed by atoms with E-state index in [1.165, 1.54) is 12.2 Å². The maximum atomic E-state index is 13.7. The van der Waals surface area contributed by atoms with Gasteiger partial charge in [-0.2, -0.15) is 5.26 Å². The zero-order valence-electron chi connectivity index (χ0n) is 12.1. The molecular formula is C17H10Cl2F2N2O. The average Bonchev–Trinajstić information content (AvgIpc) is 2.54. The molecule has 1 unspecified atom stereocenters. The van der Waals surface area contributed by atoms with Crippen molar-refractivity contribution in [2.75, 3.05) is 0 Å². The van der Waals surface area contributed by atoms with Crippen molar-refractivity contribution < 1.29 is 13.6 Å². The van der Waals surface area contributed by atoms with E-state index in [2.05, 4.69) is 5.32 Å². The number of carbonyl (C=O) groups is 1. The minimum Gasteiger partial charge on any atom is -0.333 e. The van der Waals surface area contributed by atoms with Crippen LogP contribution >= 0.6 is 23.2 Å². The van der Waals surface area contributed by atoms with Crippen molar-refractivity contribution in [2.24, 2.45) is 0 Å². The summed E-state index contributed by atoms with van der Waals surface area (Å²) in [5, 5.41) is 12.1. The van der Waals surface area contributed by atoms with Crippen molar-refractivity contribution in [1.82, 2.24) is 5.32 Å². The maximum Gasteiger partial charge on any atom is 0.245 e. The van der Waals surface area contributed by atoms with E-state index in [1.807, 2.05) is 0 Å². The Morgan fingerprint density at radius 2 is 1.92 bits per heavy atom. The first-order valence-corrected chi connectivity index (χ1v) is 7.44. The van der Waals surface area contributed by atoms with Gasteiger partial charge in [-0.15, -0.1) is 0 Å². The molecule has 0 aliphatic heterocycles. The summed E-state index contributed by atoms with van der Waals surface area (Å²) in [6, 6.07) is 8.09. The summed E-state index contributed by atoms with van der Waals surface area (Å²) in [5.74, 6) is -2.29. The quantitative estimate of drug-likeness (QED) is 0.799. The summed E-state index contributed by atoms with van der Waals surface area (Å²) < 4.78 is 26.6. The Labute approximate surface area is 147 Å². The maximum absolute atomic E-state index is 13.7. The second kappa shape index (κ2) is 7.91. The molecule has 0 aliphatic rings. The van der Waals surface area contributed by atoms with E-state index >= 15 is 0 Å². The first kappa shape index (κ1) is 17.9.